The van der Waals surface area contributed by atoms with E-state index in [2.05, 4.69) is 5.32 Å². The van der Waals surface area contributed by atoms with Crippen molar-refractivity contribution in [1.29, 1.82) is 0 Å². The quantitative estimate of drug-likeness (QED) is 0.942. The van der Waals surface area contributed by atoms with Crippen LogP contribution in [0.25, 0.3) is 0 Å². The van der Waals surface area contributed by atoms with E-state index in [-0.39, 0.29) is 17.6 Å². The first-order chi connectivity index (χ1) is 11.1. The maximum absolute atomic E-state index is 12.8. The van der Waals surface area contributed by atoms with E-state index in [1.54, 1.807) is 41.3 Å². The van der Waals surface area contributed by atoms with E-state index in [9.17, 15) is 14.0 Å². The highest BCUT2D eigenvalue weighted by atomic mass is 19.1. The van der Waals surface area contributed by atoms with Gasteiger partial charge in [-0.2, -0.15) is 0 Å². The molecule has 0 aliphatic carbocycles. The lowest BCUT2D eigenvalue weighted by atomic mass is 10.00. The van der Waals surface area contributed by atoms with E-state index in [4.69, 9.17) is 0 Å². The average molecular weight is 312 g/mol. The fraction of sp³-hybridized carbons (Fsp3) is 0.222. The summed E-state index contributed by atoms with van der Waals surface area (Å²) in [4.78, 5) is 26.2. The Morgan fingerprint density at radius 1 is 1.09 bits per heavy atom. The fourth-order valence-corrected chi connectivity index (χ4v) is 2.56. The number of carbonyl (C=O) groups is 2. The van der Waals surface area contributed by atoms with Crippen molar-refractivity contribution in [1.82, 2.24) is 10.2 Å². The molecule has 118 valence electrons. The van der Waals surface area contributed by atoms with Crippen LogP contribution >= 0.6 is 0 Å². The van der Waals surface area contributed by atoms with Gasteiger partial charge in [0.25, 0.3) is 5.91 Å². The van der Waals surface area contributed by atoms with Crippen LogP contribution in [-0.2, 0) is 11.3 Å². The summed E-state index contributed by atoms with van der Waals surface area (Å²) in [6.45, 7) is 0.908. The summed E-state index contributed by atoms with van der Waals surface area (Å²) in [7, 11) is 0. The summed E-state index contributed by atoms with van der Waals surface area (Å²) in [5.74, 6) is -0.609. The van der Waals surface area contributed by atoms with E-state index in [1.807, 2.05) is 6.07 Å². The molecule has 1 fully saturated rings. The van der Waals surface area contributed by atoms with E-state index >= 15 is 0 Å². The molecule has 3 rings (SSSR count). The molecule has 0 spiro atoms. The molecule has 0 saturated carbocycles. The molecule has 1 heterocycles. The van der Waals surface area contributed by atoms with Crippen LogP contribution in [0.1, 0.15) is 22.3 Å². The summed E-state index contributed by atoms with van der Waals surface area (Å²) in [5.41, 5.74) is 1.41. The monoisotopic (exact) mass is 312 g/mol. The number of hydrogen-bond donors (Lipinski definition) is 1. The molecule has 2 amide bonds. The van der Waals surface area contributed by atoms with Gasteiger partial charge in [0.1, 0.15) is 11.9 Å². The maximum Gasteiger partial charge on any atom is 0.254 e. The topological polar surface area (TPSA) is 49.4 Å². The molecule has 1 saturated heterocycles. The van der Waals surface area contributed by atoms with Crippen molar-refractivity contribution in [3.05, 3.63) is 71.5 Å². The van der Waals surface area contributed by atoms with Crippen molar-refractivity contribution < 1.29 is 14.0 Å². The van der Waals surface area contributed by atoms with E-state index < -0.39 is 6.04 Å². The van der Waals surface area contributed by atoms with E-state index in [0.29, 0.717) is 25.1 Å². The molecule has 0 bridgehead atoms. The Bertz CT molecular complexity index is 701. The lowest BCUT2D eigenvalue weighted by Crippen LogP contribution is -2.58. The number of hydrogen-bond acceptors (Lipinski definition) is 2. The van der Waals surface area contributed by atoms with Crippen LogP contribution in [0.5, 0.6) is 0 Å². The van der Waals surface area contributed by atoms with Crippen molar-refractivity contribution in [3.8, 4) is 0 Å². The van der Waals surface area contributed by atoms with Gasteiger partial charge in [-0.05, 0) is 36.2 Å². The lowest BCUT2D eigenvalue weighted by molar-refractivity contribution is -0.129. The minimum atomic E-state index is -0.428. The summed E-state index contributed by atoms with van der Waals surface area (Å²) in [6, 6.07) is 14.5. The summed E-state index contributed by atoms with van der Waals surface area (Å²) in [5, 5.41) is 2.80. The largest absolute Gasteiger partial charge is 0.350 e. The van der Waals surface area contributed by atoms with Gasteiger partial charge in [-0.25, -0.2) is 4.39 Å². The first-order valence-corrected chi connectivity index (χ1v) is 7.53. The SMILES string of the molecule is O=C(NCc1ccc(F)cc1)[C@H]1CCN1C(=O)c1ccccc1. The van der Waals surface area contributed by atoms with Gasteiger partial charge in [0.15, 0.2) is 0 Å². The smallest absolute Gasteiger partial charge is 0.254 e. The molecular formula is C18H17FN2O2. The summed E-state index contributed by atoms with van der Waals surface area (Å²) < 4.78 is 12.8. The van der Waals surface area contributed by atoms with Gasteiger partial charge in [-0.3, -0.25) is 9.59 Å². The molecule has 0 aromatic heterocycles. The Morgan fingerprint density at radius 2 is 1.78 bits per heavy atom. The van der Waals surface area contributed by atoms with Crippen LogP contribution in [0.2, 0.25) is 0 Å². The predicted octanol–water partition coefficient (Wildman–Crippen LogP) is 2.36. The number of amides is 2. The second kappa shape index (κ2) is 6.60. The van der Waals surface area contributed by atoms with Gasteiger partial charge in [-0.15, -0.1) is 0 Å². The maximum atomic E-state index is 12.8. The van der Waals surface area contributed by atoms with Crippen molar-refractivity contribution in [2.75, 3.05) is 6.54 Å². The van der Waals surface area contributed by atoms with Crippen LogP contribution in [-0.4, -0.2) is 29.3 Å². The molecule has 1 N–H and O–H groups in total. The van der Waals surface area contributed by atoms with Crippen LogP contribution < -0.4 is 5.32 Å². The van der Waals surface area contributed by atoms with Crippen molar-refractivity contribution in [3.63, 3.8) is 0 Å². The highest BCUT2D eigenvalue weighted by Gasteiger charge is 2.37. The average Bonchev–Trinajstić information content (AvgIpc) is 2.54. The van der Waals surface area contributed by atoms with Gasteiger partial charge < -0.3 is 10.2 Å². The zero-order valence-electron chi connectivity index (χ0n) is 12.5. The minimum Gasteiger partial charge on any atom is -0.350 e. The number of likely N-dealkylation sites (tertiary alicyclic amines) is 1. The molecule has 1 aliphatic heterocycles. The van der Waals surface area contributed by atoms with E-state index in [0.717, 1.165) is 5.56 Å². The summed E-state index contributed by atoms with van der Waals surface area (Å²) >= 11 is 0. The Labute approximate surface area is 133 Å². The molecule has 5 heteroatoms. The molecule has 0 radical (unpaired) electrons. The molecule has 1 aliphatic rings. The Kier molecular flexibility index (Phi) is 4.37. The molecule has 2 aromatic carbocycles. The number of benzene rings is 2. The van der Waals surface area contributed by atoms with Crippen molar-refractivity contribution in [2.45, 2.75) is 19.0 Å². The highest BCUT2D eigenvalue weighted by molar-refractivity contribution is 5.98. The first kappa shape index (κ1) is 15.2. The van der Waals surface area contributed by atoms with Gasteiger partial charge in [0.05, 0.1) is 0 Å². The second-order valence-corrected chi connectivity index (χ2v) is 5.51. The number of halogens is 1. The van der Waals surface area contributed by atoms with Gasteiger partial charge in [0, 0.05) is 18.7 Å². The number of carbonyl (C=O) groups excluding carboxylic acids is 2. The molecule has 2 aromatic rings. The van der Waals surface area contributed by atoms with Gasteiger partial charge >= 0.3 is 0 Å². The lowest BCUT2D eigenvalue weighted by Gasteiger charge is -2.39. The zero-order chi connectivity index (χ0) is 16.2. The normalized spacial score (nSPS) is 16.6. The minimum absolute atomic E-state index is 0.126. The molecule has 0 unspecified atom stereocenters. The van der Waals surface area contributed by atoms with Crippen LogP contribution in [0.15, 0.2) is 54.6 Å². The second-order valence-electron chi connectivity index (χ2n) is 5.51. The molecule has 1 atom stereocenters. The highest BCUT2D eigenvalue weighted by Crippen LogP contribution is 2.21. The third-order valence-corrected chi connectivity index (χ3v) is 3.98. The zero-order valence-corrected chi connectivity index (χ0v) is 12.5. The summed E-state index contributed by atoms with van der Waals surface area (Å²) in [6.07, 6.45) is 0.661. The van der Waals surface area contributed by atoms with Gasteiger partial charge in [-0.1, -0.05) is 30.3 Å². The molecular weight excluding hydrogens is 295 g/mol. The van der Waals surface area contributed by atoms with E-state index in [1.165, 1.54) is 12.1 Å². The Hall–Kier alpha value is -2.69. The van der Waals surface area contributed by atoms with Gasteiger partial charge in [0.2, 0.25) is 5.91 Å². The van der Waals surface area contributed by atoms with Crippen molar-refractivity contribution >= 4 is 11.8 Å². The third-order valence-electron chi connectivity index (χ3n) is 3.98. The standard InChI is InChI=1S/C18H17FN2O2/c19-15-8-6-13(7-9-15)12-20-17(22)16-10-11-21(16)18(23)14-4-2-1-3-5-14/h1-9,16H,10-12H2,(H,20,22)/t16-/m1/s1. The van der Waals surface area contributed by atoms with Crippen molar-refractivity contribution in [2.24, 2.45) is 0 Å². The van der Waals surface area contributed by atoms with Crippen LogP contribution in [0, 0.1) is 5.82 Å². The predicted molar refractivity (Wildman–Crippen MR) is 84.1 cm³/mol. The number of rotatable bonds is 4. The number of nitrogens with one attached hydrogen (secondary N) is 1. The fourth-order valence-electron chi connectivity index (χ4n) is 2.56. The Balaban J connectivity index is 1.57. The van der Waals surface area contributed by atoms with Crippen LogP contribution in [0.3, 0.4) is 0 Å². The molecule has 23 heavy (non-hydrogen) atoms. The third kappa shape index (κ3) is 3.39. The number of nitrogens with zero attached hydrogens (tertiary/aromatic N) is 1. The Morgan fingerprint density at radius 3 is 2.39 bits per heavy atom. The van der Waals surface area contributed by atoms with Crippen LogP contribution in [0.4, 0.5) is 4.39 Å². The molecule has 4 nitrogen and oxygen atoms in total. The first-order valence-electron chi connectivity index (χ1n) is 7.53.